The van der Waals surface area contributed by atoms with E-state index in [-0.39, 0.29) is 5.54 Å². The summed E-state index contributed by atoms with van der Waals surface area (Å²) in [6.07, 6.45) is 3.78. The SMILES string of the molecule is NCC1(NCC2CCCO2)CCOC1. The van der Waals surface area contributed by atoms with Crippen molar-refractivity contribution in [3.63, 3.8) is 0 Å². The maximum absolute atomic E-state index is 5.77. The van der Waals surface area contributed by atoms with E-state index in [1.54, 1.807) is 0 Å². The average Bonchev–Trinajstić information content (AvgIpc) is 2.87. The first-order chi connectivity index (χ1) is 6.85. The van der Waals surface area contributed by atoms with Crippen LogP contribution in [0.5, 0.6) is 0 Å². The maximum Gasteiger partial charge on any atom is 0.0700 e. The summed E-state index contributed by atoms with van der Waals surface area (Å²) in [5.74, 6) is 0. The van der Waals surface area contributed by atoms with Gasteiger partial charge in [-0.2, -0.15) is 0 Å². The highest BCUT2D eigenvalue weighted by molar-refractivity contribution is 4.93. The van der Waals surface area contributed by atoms with E-state index in [9.17, 15) is 0 Å². The zero-order valence-corrected chi connectivity index (χ0v) is 8.63. The van der Waals surface area contributed by atoms with Crippen LogP contribution in [0, 0.1) is 0 Å². The molecular formula is C10H20N2O2. The highest BCUT2D eigenvalue weighted by Crippen LogP contribution is 2.18. The minimum Gasteiger partial charge on any atom is -0.379 e. The fraction of sp³-hybridized carbons (Fsp3) is 1.00. The van der Waals surface area contributed by atoms with E-state index >= 15 is 0 Å². The number of nitrogens with one attached hydrogen (secondary N) is 1. The van der Waals surface area contributed by atoms with Gasteiger partial charge in [0.25, 0.3) is 0 Å². The van der Waals surface area contributed by atoms with Crippen molar-refractivity contribution in [2.45, 2.75) is 30.9 Å². The number of ether oxygens (including phenoxy) is 2. The van der Waals surface area contributed by atoms with Gasteiger partial charge in [0.05, 0.1) is 18.2 Å². The summed E-state index contributed by atoms with van der Waals surface area (Å²) in [7, 11) is 0. The van der Waals surface area contributed by atoms with Gasteiger partial charge in [-0.15, -0.1) is 0 Å². The molecule has 82 valence electrons. The van der Waals surface area contributed by atoms with Crippen molar-refractivity contribution in [2.24, 2.45) is 5.73 Å². The third kappa shape index (κ3) is 2.25. The lowest BCUT2D eigenvalue weighted by atomic mass is 9.98. The molecule has 0 aromatic rings. The molecule has 0 aromatic carbocycles. The normalized spacial score (nSPS) is 37.9. The van der Waals surface area contributed by atoms with Crippen LogP contribution in [0.25, 0.3) is 0 Å². The smallest absolute Gasteiger partial charge is 0.0700 e. The van der Waals surface area contributed by atoms with Crippen molar-refractivity contribution >= 4 is 0 Å². The lowest BCUT2D eigenvalue weighted by molar-refractivity contribution is 0.0971. The molecule has 2 aliphatic rings. The Kier molecular flexibility index (Phi) is 3.38. The van der Waals surface area contributed by atoms with Crippen molar-refractivity contribution in [2.75, 3.05) is 32.9 Å². The van der Waals surface area contributed by atoms with Gasteiger partial charge in [-0.05, 0) is 19.3 Å². The Labute approximate surface area is 85.1 Å². The van der Waals surface area contributed by atoms with Gasteiger partial charge in [0.1, 0.15) is 0 Å². The monoisotopic (exact) mass is 200 g/mol. The second kappa shape index (κ2) is 4.57. The van der Waals surface area contributed by atoms with Crippen molar-refractivity contribution < 1.29 is 9.47 Å². The van der Waals surface area contributed by atoms with Crippen LogP contribution in [0.4, 0.5) is 0 Å². The minimum absolute atomic E-state index is 0.0198. The third-order valence-electron chi connectivity index (χ3n) is 3.22. The van der Waals surface area contributed by atoms with E-state index in [0.717, 1.165) is 32.8 Å². The molecule has 0 saturated carbocycles. The summed E-state index contributed by atoms with van der Waals surface area (Å²) in [5.41, 5.74) is 5.79. The van der Waals surface area contributed by atoms with Crippen molar-refractivity contribution in [1.29, 1.82) is 0 Å². The molecule has 0 aliphatic carbocycles. The summed E-state index contributed by atoms with van der Waals surface area (Å²) >= 11 is 0. The molecule has 0 aromatic heterocycles. The number of hydrogen-bond acceptors (Lipinski definition) is 4. The zero-order chi connectivity index (χ0) is 9.86. The molecule has 2 unspecified atom stereocenters. The Balaban J connectivity index is 1.76. The Morgan fingerprint density at radius 2 is 2.36 bits per heavy atom. The Bertz CT molecular complexity index is 175. The van der Waals surface area contributed by atoms with Crippen LogP contribution in [0.2, 0.25) is 0 Å². The molecule has 2 aliphatic heterocycles. The second-order valence-electron chi connectivity index (χ2n) is 4.30. The molecule has 2 fully saturated rings. The first kappa shape index (κ1) is 10.4. The van der Waals surface area contributed by atoms with Crippen LogP contribution in [0.3, 0.4) is 0 Å². The first-order valence-corrected chi connectivity index (χ1v) is 5.49. The van der Waals surface area contributed by atoms with E-state index in [2.05, 4.69) is 5.32 Å². The van der Waals surface area contributed by atoms with Crippen LogP contribution in [0.15, 0.2) is 0 Å². The molecule has 3 N–H and O–H groups in total. The van der Waals surface area contributed by atoms with E-state index < -0.39 is 0 Å². The summed E-state index contributed by atoms with van der Waals surface area (Å²) in [5, 5.41) is 3.51. The van der Waals surface area contributed by atoms with Gasteiger partial charge in [-0.25, -0.2) is 0 Å². The van der Waals surface area contributed by atoms with Gasteiger partial charge in [0, 0.05) is 26.3 Å². The molecule has 14 heavy (non-hydrogen) atoms. The van der Waals surface area contributed by atoms with Crippen molar-refractivity contribution in [3.8, 4) is 0 Å². The summed E-state index contributed by atoms with van der Waals surface area (Å²) in [6, 6.07) is 0. The predicted octanol–water partition coefficient (Wildman–Crippen LogP) is -0.127. The molecule has 4 nitrogen and oxygen atoms in total. The highest BCUT2D eigenvalue weighted by Gasteiger charge is 2.33. The first-order valence-electron chi connectivity index (χ1n) is 5.49. The molecule has 0 spiro atoms. The number of hydrogen-bond donors (Lipinski definition) is 2. The van der Waals surface area contributed by atoms with E-state index in [1.165, 1.54) is 12.8 Å². The van der Waals surface area contributed by atoms with Crippen molar-refractivity contribution in [1.82, 2.24) is 5.32 Å². The minimum atomic E-state index is 0.0198. The Hall–Kier alpha value is -0.160. The molecule has 0 amide bonds. The third-order valence-corrected chi connectivity index (χ3v) is 3.22. The molecule has 2 heterocycles. The van der Waals surface area contributed by atoms with E-state index in [1.807, 2.05) is 0 Å². The largest absolute Gasteiger partial charge is 0.379 e. The summed E-state index contributed by atoms with van der Waals surface area (Å²) in [4.78, 5) is 0. The lowest BCUT2D eigenvalue weighted by Crippen LogP contribution is -2.53. The maximum atomic E-state index is 5.77. The van der Waals surface area contributed by atoms with Crippen LogP contribution in [-0.2, 0) is 9.47 Å². The average molecular weight is 200 g/mol. The molecule has 4 heteroatoms. The van der Waals surface area contributed by atoms with Crippen LogP contribution in [-0.4, -0.2) is 44.6 Å². The fourth-order valence-corrected chi connectivity index (χ4v) is 2.12. The van der Waals surface area contributed by atoms with Gasteiger partial charge >= 0.3 is 0 Å². The zero-order valence-electron chi connectivity index (χ0n) is 8.63. The summed E-state index contributed by atoms with van der Waals surface area (Å²) in [6.45, 7) is 4.06. The van der Waals surface area contributed by atoms with E-state index in [0.29, 0.717) is 12.6 Å². The van der Waals surface area contributed by atoms with Gasteiger partial charge in [0.2, 0.25) is 0 Å². The molecule has 2 saturated heterocycles. The number of nitrogens with two attached hydrogens (primary N) is 1. The van der Waals surface area contributed by atoms with Crippen LogP contribution < -0.4 is 11.1 Å². The Morgan fingerprint density at radius 1 is 1.43 bits per heavy atom. The molecular weight excluding hydrogens is 180 g/mol. The van der Waals surface area contributed by atoms with Crippen LogP contribution >= 0.6 is 0 Å². The second-order valence-corrected chi connectivity index (χ2v) is 4.30. The van der Waals surface area contributed by atoms with Crippen molar-refractivity contribution in [3.05, 3.63) is 0 Å². The highest BCUT2D eigenvalue weighted by atomic mass is 16.5. The van der Waals surface area contributed by atoms with Gasteiger partial charge < -0.3 is 20.5 Å². The number of rotatable bonds is 4. The standard InChI is InChI=1S/C10H20N2O2/c11-7-10(3-5-13-8-10)12-6-9-2-1-4-14-9/h9,12H,1-8,11H2. The lowest BCUT2D eigenvalue weighted by Gasteiger charge is -2.28. The summed E-state index contributed by atoms with van der Waals surface area (Å²) < 4.78 is 10.9. The van der Waals surface area contributed by atoms with Crippen LogP contribution in [0.1, 0.15) is 19.3 Å². The van der Waals surface area contributed by atoms with Gasteiger partial charge in [0.15, 0.2) is 0 Å². The molecule has 2 rings (SSSR count). The quantitative estimate of drug-likeness (QED) is 0.664. The molecule has 2 atom stereocenters. The molecule has 0 radical (unpaired) electrons. The topological polar surface area (TPSA) is 56.5 Å². The van der Waals surface area contributed by atoms with Gasteiger partial charge in [-0.3, -0.25) is 0 Å². The fourth-order valence-electron chi connectivity index (χ4n) is 2.12. The molecule has 0 bridgehead atoms. The van der Waals surface area contributed by atoms with E-state index in [4.69, 9.17) is 15.2 Å². The van der Waals surface area contributed by atoms with Gasteiger partial charge in [-0.1, -0.05) is 0 Å². The predicted molar refractivity (Wildman–Crippen MR) is 54.2 cm³/mol. The Morgan fingerprint density at radius 3 is 2.93 bits per heavy atom.